The third kappa shape index (κ3) is 5.18. The lowest BCUT2D eigenvalue weighted by Gasteiger charge is -2.23. The van der Waals surface area contributed by atoms with Gasteiger partial charge in [0, 0.05) is 18.3 Å². The van der Waals surface area contributed by atoms with Crippen molar-refractivity contribution in [2.24, 2.45) is 5.41 Å². The molecule has 1 unspecified atom stereocenters. The van der Waals surface area contributed by atoms with Crippen molar-refractivity contribution >= 4 is 5.97 Å². The molecule has 0 saturated heterocycles. The number of aromatic amines is 1. The highest BCUT2D eigenvalue weighted by Crippen LogP contribution is 2.11. The summed E-state index contributed by atoms with van der Waals surface area (Å²) in [5.41, 5.74) is -0.637. The molecule has 1 heterocycles. The molecule has 0 aliphatic rings. The number of carboxylic acid groups (broad SMARTS) is 1. The summed E-state index contributed by atoms with van der Waals surface area (Å²) in [6.07, 6.45) is 1.90. The zero-order valence-electron chi connectivity index (χ0n) is 12.9. The van der Waals surface area contributed by atoms with E-state index in [0.717, 1.165) is 0 Å². The predicted octanol–water partition coefficient (Wildman–Crippen LogP) is 0.188. The van der Waals surface area contributed by atoms with Crippen LogP contribution in [0.15, 0.2) is 15.8 Å². The Morgan fingerprint density at radius 3 is 2.52 bits per heavy atom. The van der Waals surface area contributed by atoms with Crippen LogP contribution in [0.2, 0.25) is 0 Å². The van der Waals surface area contributed by atoms with Crippen LogP contribution < -0.4 is 16.6 Å². The number of carboxylic acids is 1. The standard InChI is InChI=1S/C14H23N3O4/c1-5-9-6-17(13(21)16-11(9)18)7-10(12(19)20)15-8-14(2,3)4/h6,10,15H,5,7-8H2,1-4H3,(H,19,20)(H,16,18,21). The van der Waals surface area contributed by atoms with Crippen molar-refractivity contribution in [1.82, 2.24) is 14.9 Å². The minimum Gasteiger partial charge on any atom is -0.480 e. The second-order valence-corrected chi connectivity index (χ2v) is 6.25. The number of nitrogens with one attached hydrogen (secondary N) is 2. The first kappa shape index (κ1) is 17.2. The van der Waals surface area contributed by atoms with Gasteiger partial charge in [-0.2, -0.15) is 0 Å². The first-order valence-electron chi connectivity index (χ1n) is 6.93. The molecule has 0 radical (unpaired) electrons. The van der Waals surface area contributed by atoms with Gasteiger partial charge >= 0.3 is 11.7 Å². The van der Waals surface area contributed by atoms with Gasteiger partial charge < -0.3 is 10.4 Å². The van der Waals surface area contributed by atoms with Crippen LogP contribution >= 0.6 is 0 Å². The van der Waals surface area contributed by atoms with Gasteiger partial charge in [-0.15, -0.1) is 0 Å². The summed E-state index contributed by atoms with van der Waals surface area (Å²) in [4.78, 5) is 36.8. The molecule has 21 heavy (non-hydrogen) atoms. The molecule has 118 valence electrons. The summed E-state index contributed by atoms with van der Waals surface area (Å²) in [6, 6.07) is -0.891. The number of hydrogen-bond acceptors (Lipinski definition) is 4. The Hall–Kier alpha value is -1.89. The number of nitrogens with zero attached hydrogens (tertiary/aromatic N) is 1. The highest BCUT2D eigenvalue weighted by molar-refractivity contribution is 5.73. The maximum absolute atomic E-state index is 11.8. The fourth-order valence-corrected chi connectivity index (χ4v) is 1.80. The SMILES string of the molecule is CCc1cn(CC(NCC(C)(C)C)C(=O)O)c(=O)[nH]c1=O. The number of aryl methyl sites for hydroxylation is 1. The van der Waals surface area contributed by atoms with E-state index in [4.69, 9.17) is 0 Å². The number of carbonyl (C=O) groups is 1. The van der Waals surface area contributed by atoms with E-state index in [9.17, 15) is 19.5 Å². The van der Waals surface area contributed by atoms with Crippen molar-refractivity contribution in [2.45, 2.75) is 46.7 Å². The second-order valence-electron chi connectivity index (χ2n) is 6.25. The number of hydrogen-bond donors (Lipinski definition) is 3. The van der Waals surface area contributed by atoms with E-state index in [1.54, 1.807) is 6.92 Å². The summed E-state index contributed by atoms with van der Waals surface area (Å²) >= 11 is 0. The van der Waals surface area contributed by atoms with Crippen LogP contribution in [0.3, 0.4) is 0 Å². The van der Waals surface area contributed by atoms with Crippen molar-refractivity contribution in [3.63, 3.8) is 0 Å². The molecule has 7 nitrogen and oxygen atoms in total. The van der Waals surface area contributed by atoms with Crippen LogP contribution in [-0.2, 0) is 17.8 Å². The van der Waals surface area contributed by atoms with Gasteiger partial charge in [0.25, 0.3) is 5.56 Å². The van der Waals surface area contributed by atoms with Gasteiger partial charge in [0.05, 0.1) is 6.54 Å². The van der Waals surface area contributed by atoms with Crippen LogP contribution in [0, 0.1) is 5.41 Å². The van der Waals surface area contributed by atoms with E-state index < -0.39 is 23.3 Å². The molecule has 0 aromatic carbocycles. The maximum atomic E-state index is 11.8. The van der Waals surface area contributed by atoms with Gasteiger partial charge in [-0.3, -0.25) is 19.1 Å². The Kier molecular flexibility index (Phi) is 5.48. The first-order valence-corrected chi connectivity index (χ1v) is 6.93. The van der Waals surface area contributed by atoms with Crippen LogP contribution in [0.25, 0.3) is 0 Å². The van der Waals surface area contributed by atoms with Crippen LogP contribution in [0.4, 0.5) is 0 Å². The molecule has 0 bridgehead atoms. The fourth-order valence-electron chi connectivity index (χ4n) is 1.80. The normalized spacial score (nSPS) is 13.1. The van der Waals surface area contributed by atoms with Crippen molar-refractivity contribution in [3.8, 4) is 0 Å². The van der Waals surface area contributed by atoms with E-state index in [-0.39, 0.29) is 12.0 Å². The van der Waals surface area contributed by atoms with Gasteiger partial charge in [-0.05, 0) is 11.8 Å². The van der Waals surface area contributed by atoms with Gasteiger partial charge in [0.2, 0.25) is 0 Å². The molecular formula is C14H23N3O4. The average molecular weight is 297 g/mol. The zero-order valence-corrected chi connectivity index (χ0v) is 12.9. The Morgan fingerprint density at radius 2 is 2.05 bits per heavy atom. The van der Waals surface area contributed by atoms with Crippen molar-refractivity contribution in [2.75, 3.05) is 6.54 Å². The Balaban J connectivity index is 2.97. The largest absolute Gasteiger partial charge is 0.480 e. The molecule has 0 saturated carbocycles. The topological polar surface area (TPSA) is 104 Å². The molecule has 7 heteroatoms. The second kappa shape index (κ2) is 6.71. The lowest BCUT2D eigenvalue weighted by molar-refractivity contribution is -0.140. The summed E-state index contributed by atoms with van der Waals surface area (Å²) in [5.74, 6) is -1.03. The zero-order chi connectivity index (χ0) is 16.2. The number of H-pyrrole nitrogens is 1. The van der Waals surface area contributed by atoms with Gasteiger partial charge in [0.15, 0.2) is 0 Å². The fraction of sp³-hybridized carbons (Fsp3) is 0.643. The molecule has 0 fully saturated rings. The van der Waals surface area contributed by atoms with E-state index in [0.29, 0.717) is 18.5 Å². The van der Waals surface area contributed by atoms with Crippen LogP contribution in [-0.4, -0.2) is 33.2 Å². The van der Waals surface area contributed by atoms with Crippen molar-refractivity contribution in [1.29, 1.82) is 0 Å². The van der Waals surface area contributed by atoms with Gasteiger partial charge in [-0.1, -0.05) is 27.7 Å². The number of aromatic nitrogens is 2. The summed E-state index contributed by atoms with van der Waals surface area (Å²) in [7, 11) is 0. The highest BCUT2D eigenvalue weighted by Gasteiger charge is 2.21. The number of rotatable bonds is 6. The molecule has 3 N–H and O–H groups in total. The quantitative estimate of drug-likeness (QED) is 0.695. The molecule has 1 aromatic heterocycles. The van der Waals surface area contributed by atoms with Gasteiger partial charge in [0.1, 0.15) is 6.04 Å². The van der Waals surface area contributed by atoms with Crippen LogP contribution in [0.1, 0.15) is 33.3 Å². The van der Waals surface area contributed by atoms with Gasteiger partial charge in [-0.25, -0.2) is 4.79 Å². The molecule has 0 aliphatic heterocycles. The summed E-state index contributed by atoms with van der Waals surface area (Å²) < 4.78 is 1.23. The monoisotopic (exact) mass is 297 g/mol. The molecule has 1 rings (SSSR count). The summed E-state index contributed by atoms with van der Waals surface area (Å²) in [5, 5.41) is 12.2. The Bertz CT molecular complexity index is 610. The molecule has 1 aromatic rings. The van der Waals surface area contributed by atoms with Crippen molar-refractivity contribution in [3.05, 3.63) is 32.6 Å². The smallest absolute Gasteiger partial charge is 0.328 e. The Labute approximate surface area is 123 Å². The lowest BCUT2D eigenvalue weighted by atomic mass is 9.96. The molecule has 0 amide bonds. The van der Waals surface area contributed by atoms with Crippen molar-refractivity contribution < 1.29 is 9.90 Å². The molecule has 1 atom stereocenters. The molecular weight excluding hydrogens is 274 g/mol. The van der Waals surface area contributed by atoms with Crippen LogP contribution in [0.5, 0.6) is 0 Å². The lowest BCUT2D eigenvalue weighted by Crippen LogP contribution is -2.46. The van der Waals surface area contributed by atoms with E-state index in [2.05, 4.69) is 10.3 Å². The highest BCUT2D eigenvalue weighted by atomic mass is 16.4. The summed E-state index contributed by atoms with van der Waals surface area (Å²) in [6.45, 7) is 8.23. The van der Waals surface area contributed by atoms with E-state index >= 15 is 0 Å². The average Bonchev–Trinajstić information content (AvgIpc) is 2.35. The minimum absolute atomic E-state index is 0.0337. The first-order chi connectivity index (χ1) is 9.64. The third-order valence-corrected chi connectivity index (χ3v) is 3.02. The Morgan fingerprint density at radius 1 is 1.43 bits per heavy atom. The van der Waals surface area contributed by atoms with E-state index in [1.807, 2.05) is 20.8 Å². The van der Waals surface area contributed by atoms with E-state index in [1.165, 1.54) is 10.8 Å². The minimum atomic E-state index is -1.03. The molecule has 0 spiro atoms. The molecule has 0 aliphatic carbocycles. The predicted molar refractivity (Wildman–Crippen MR) is 79.6 cm³/mol. The maximum Gasteiger partial charge on any atom is 0.328 e. The number of aliphatic carboxylic acids is 1. The third-order valence-electron chi connectivity index (χ3n) is 3.02.